The van der Waals surface area contributed by atoms with Crippen LogP contribution in [-0.4, -0.2) is 49.0 Å². The molecule has 1 fully saturated rings. The highest BCUT2D eigenvalue weighted by molar-refractivity contribution is 6.99. The van der Waals surface area contributed by atoms with Crippen LogP contribution >= 0.6 is 0 Å². The Morgan fingerprint density at radius 2 is 1.55 bits per heavy atom. The minimum Gasteiger partial charge on any atom is -0.444 e. The number of benzene rings is 2. The number of ether oxygens (including phenoxy) is 1. The van der Waals surface area contributed by atoms with Gasteiger partial charge in [0.1, 0.15) is 5.60 Å². The summed E-state index contributed by atoms with van der Waals surface area (Å²) in [5.41, 5.74) is -2.45. The van der Waals surface area contributed by atoms with Crippen LogP contribution in [0.15, 0.2) is 72.8 Å². The molecule has 7 heteroatoms. The number of carbonyl (C=O) groups is 2. The van der Waals surface area contributed by atoms with E-state index in [1.807, 2.05) is 39.0 Å². The van der Waals surface area contributed by atoms with E-state index in [9.17, 15) is 9.59 Å². The molecule has 3 atom stereocenters. The van der Waals surface area contributed by atoms with Gasteiger partial charge in [0, 0.05) is 24.3 Å². The summed E-state index contributed by atoms with van der Waals surface area (Å²) < 4.78 is 13.2. The number of rotatable bonds is 6. The maximum atomic E-state index is 13.6. The number of hydrogen-bond donors (Lipinski definition) is 0. The van der Waals surface area contributed by atoms with Crippen molar-refractivity contribution in [2.75, 3.05) is 6.54 Å². The van der Waals surface area contributed by atoms with Crippen LogP contribution in [0.5, 0.6) is 0 Å². The average molecular weight is 587 g/mol. The lowest BCUT2D eigenvalue weighted by atomic mass is 9.66. The number of likely N-dealkylation sites (tertiary alicyclic amines) is 1. The fraction of sp³-hybridized carbons (Fsp3) is 0.514. The second-order valence-corrected chi connectivity index (χ2v) is 18.6. The fourth-order valence-corrected chi connectivity index (χ4v) is 11.5. The zero-order valence-electron chi connectivity index (χ0n) is 26.4. The van der Waals surface area contributed by atoms with Crippen LogP contribution in [0.4, 0.5) is 4.79 Å². The van der Waals surface area contributed by atoms with Crippen LogP contribution in [0.1, 0.15) is 74.7 Å². The van der Waals surface area contributed by atoms with Gasteiger partial charge in [0.15, 0.2) is 5.78 Å². The largest absolute Gasteiger partial charge is 0.444 e. The molecule has 0 radical (unpaired) electrons. The molecule has 0 spiro atoms. The highest BCUT2D eigenvalue weighted by Crippen LogP contribution is 2.48. The zero-order chi connectivity index (χ0) is 31.0. The predicted molar refractivity (Wildman–Crippen MR) is 170 cm³/mol. The molecule has 0 aromatic heterocycles. The number of hydrogen-bond acceptors (Lipinski definition) is 4. The van der Waals surface area contributed by atoms with Gasteiger partial charge in [0.2, 0.25) is 0 Å². The molecule has 2 aromatic rings. The lowest BCUT2D eigenvalue weighted by Gasteiger charge is -2.50. The molecule has 2 aromatic carbocycles. The fourth-order valence-electron chi connectivity index (χ4n) is 6.69. The summed E-state index contributed by atoms with van der Waals surface area (Å²) in [4.78, 5) is 32.5. The van der Waals surface area contributed by atoms with E-state index >= 15 is 0 Å². The summed E-state index contributed by atoms with van der Waals surface area (Å²) in [6, 6.07) is 21.0. The second kappa shape index (κ2) is 11.5. The molecule has 4 rings (SSSR count). The molecule has 1 aliphatic carbocycles. The quantitative estimate of drug-likeness (QED) is 0.278. The van der Waals surface area contributed by atoms with Gasteiger partial charge < -0.3 is 9.16 Å². The van der Waals surface area contributed by atoms with E-state index < -0.39 is 37.0 Å². The number of carbonyl (C=O) groups excluding carboxylic acids is 2. The highest BCUT2D eigenvalue weighted by Gasteiger charge is 2.59. The van der Waals surface area contributed by atoms with Crippen molar-refractivity contribution < 1.29 is 18.8 Å². The molecule has 1 saturated heterocycles. The van der Waals surface area contributed by atoms with Gasteiger partial charge in [-0.15, -0.1) is 0 Å². The van der Waals surface area contributed by atoms with Gasteiger partial charge in [-0.3, -0.25) is 9.64 Å². The van der Waals surface area contributed by atoms with E-state index in [2.05, 4.69) is 88.0 Å². The Labute approximate surface area is 253 Å². The van der Waals surface area contributed by atoms with Crippen molar-refractivity contribution in [2.24, 2.45) is 11.3 Å². The van der Waals surface area contributed by atoms with Crippen LogP contribution in [0.25, 0.3) is 4.85 Å². The first-order valence-corrected chi connectivity index (χ1v) is 16.9. The zero-order valence-corrected chi connectivity index (χ0v) is 27.4. The third kappa shape index (κ3) is 5.84. The SMILES string of the molecule is [C-]#[N+]C1(C[C@@H]2C(=O)C=C[C@@H](O[Si](c3ccccc3)(c3ccccc3)C(C)(C)C)C2(C)C)CCCN1C(=O)OC(C)(C)C. The summed E-state index contributed by atoms with van der Waals surface area (Å²) in [6.45, 7) is 25.0. The van der Waals surface area contributed by atoms with Gasteiger partial charge in [0.05, 0.1) is 12.5 Å². The first kappa shape index (κ1) is 31.7. The van der Waals surface area contributed by atoms with Crippen LogP contribution in [-0.2, 0) is 14.0 Å². The second-order valence-electron chi connectivity index (χ2n) is 14.4. The summed E-state index contributed by atoms with van der Waals surface area (Å²) in [5, 5.41) is 2.12. The maximum absolute atomic E-state index is 13.6. The number of ketones is 1. The van der Waals surface area contributed by atoms with E-state index in [1.54, 1.807) is 11.0 Å². The van der Waals surface area contributed by atoms with E-state index in [0.29, 0.717) is 19.4 Å². The number of amides is 1. The molecule has 0 bridgehead atoms. The molecule has 42 heavy (non-hydrogen) atoms. The van der Waals surface area contributed by atoms with Crippen molar-refractivity contribution in [3.05, 3.63) is 84.2 Å². The van der Waals surface area contributed by atoms with Gasteiger partial charge in [-0.1, -0.05) is 101 Å². The molecule has 0 saturated carbocycles. The van der Waals surface area contributed by atoms with Gasteiger partial charge in [-0.05, 0) is 48.7 Å². The molecule has 0 N–H and O–H groups in total. The number of nitrogens with zero attached hydrogens (tertiary/aromatic N) is 2. The van der Waals surface area contributed by atoms with Crippen molar-refractivity contribution in [2.45, 2.75) is 97.1 Å². The van der Waals surface area contributed by atoms with Crippen molar-refractivity contribution in [1.29, 1.82) is 0 Å². The van der Waals surface area contributed by atoms with Gasteiger partial charge in [-0.25, -0.2) is 16.3 Å². The van der Waals surface area contributed by atoms with E-state index in [0.717, 1.165) is 0 Å². The Morgan fingerprint density at radius 1 is 1.00 bits per heavy atom. The van der Waals surface area contributed by atoms with Crippen molar-refractivity contribution in [3.8, 4) is 0 Å². The first-order chi connectivity index (χ1) is 19.6. The Kier molecular flexibility index (Phi) is 8.66. The molecule has 224 valence electrons. The molecule has 6 nitrogen and oxygen atoms in total. The molecular formula is C35H46N2O4Si. The Hall–Kier alpha value is -3.21. The Morgan fingerprint density at radius 3 is 2.02 bits per heavy atom. The predicted octanol–water partition coefficient (Wildman–Crippen LogP) is 6.75. The molecule has 1 amide bonds. The van der Waals surface area contributed by atoms with Crippen LogP contribution in [0, 0.1) is 17.9 Å². The minimum atomic E-state index is -2.91. The van der Waals surface area contributed by atoms with Crippen molar-refractivity contribution >= 4 is 30.6 Å². The third-order valence-electron chi connectivity index (χ3n) is 8.95. The molecular weight excluding hydrogens is 540 g/mol. The lowest BCUT2D eigenvalue weighted by molar-refractivity contribution is -0.127. The summed E-state index contributed by atoms with van der Waals surface area (Å²) in [7, 11) is -2.91. The van der Waals surface area contributed by atoms with Gasteiger partial charge in [0.25, 0.3) is 8.32 Å². The van der Waals surface area contributed by atoms with E-state index in [4.69, 9.17) is 15.7 Å². The molecule has 1 aliphatic heterocycles. The normalized spacial score (nSPS) is 24.4. The first-order valence-electron chi connectivity index (χ1n) is 15.0. The topological polar surface area (TPSA) is 60.2 Å². The van der Waals surface area contributed by atoms with Crippen molar-refractivity contribution in [1.82, 2.24) is 4.90 Å². The number of allylic oxidation sites excluding steroid dienone is 1. The smallest absolute Gasteiger partial charge is 0.416 e. The maximum Gasteiger partial charge on any atom is 0.416 e. The monoisotopic (exact) mass is 586 g/mol. The van der Waals surface area contributed by atoms with E-state index in [-0.39, 0.29) is 23.3 Å². The highest BCUT2D eigenvalue weighted by atomic mass is 28.4. The molecule has 2 aliphatic rings. The Bertz CT molecular complexity index is 1310. The van der Waals surface area contributed by atoms with Crippen molar-refractivity contribution in [3.63, 3.8) is 0 Å². The minimum absolute atomic E-state index is 0.0265. The van der Waals surface area contributed by atoms with Crippen LogP contribution in [0.2, 0.25) is 5.04 Å². The van der Waals surface area contributed by atoms with Crippen LogP contribution < -0.4 is 10.4 Å². The summed E-state index contributed by atoms with van der Waals surface area (Å²) >= 11 is 0. The van der Waals surface area contributed by atoms with Crippen LogP contribution in [0.3, 0.4) is 0 Å². The average Bonchev–Trinajstić information content (AvgIpc) is 3.34. The Balaban J connectivity index is 1.76. The van der Waals surface area contributed by atoms with E-state index in [1.165, 1.54) is 10.4 Å². The van der Waals surface area contributed by atoms with Gasteiger partial charge >= 0.3 is 11.8 Å². The summed E-state index contributed by atoms with van der Waals surface area (Å²) in [6.07, 6.45) is 4.14. The summed E-state index contributed by atoms with van der Waals surface area (Å²) in [5.74, 6) is -0.538. The lowest BCUT2D eigenvalue weighted by Crippen LogP contribution is -2.69. The molecule has 1 unspecified atom stereocenters. The standard InChI is InChI=1S/C35H46N2O4Si/c1-32(2,3)40-31(39)37-24-16-23-35(37,36-9)25-28-29(38)21-22-30(34(28,7)8)41-42(33(4,5)6,26-17-12-10-13-18-26)27-19-14-11-15-20-27/h10-15,17-22,28,30H,16,23-25H2,1-8H3/t28-,30-,35?/m1/s1. The van der Waals surface area contributed by atoms with Gasteiger partial charge in [-0.2, -0.15) is 0 Å². The third-order valence-corrected chi connectivity index (χ3v) is 14.0. The molecule has 1 heterocycles.